The van der Waals surface area contributed by atoms with Gasteiger partial charge in [0.25, 0.3) is 5.91 Å². The number of carbonyl (C=O) groups excluding carboxylic acids is 1. The Bertz CT molecular complexity index is 1490. The van der Waals surface area contributed by atoms with Gasteiger partial charge in [0.05, 0.1) is 34.9 Å². The van der Waals surface area contributed by atoms with E-state index in [0.29, 0.717) is 28.5 Å². The molecule has 1 amide bonds. The van der Waals surface area contributed by atoms with Crippen LogP contribution in [0.15, 0.2) is 91.1 Å². The molecule has 0 saturated heterocycles. The molecule has 1 N–H and O–H groups in total. The fraction of sp³-hybridized carbons (Fsp3) is 0.107. The summed E-state index contributed by atoms with van der Waals surface area (Å²) < 4.78 is 3.61. The van der Waals surface area contributed by atoms with E-state index in [2.05, 4.69) is 10.4 Å². The van der Waals surface area contributed by atoms with Crippen LogP contribution in [0, 0.1) is 13.8 Å². The lowest BCUT2D eigenvalue weighted by Gasteiger charge is -2.08. The fourth-order valence-electron chi connectivity index (χ4n) is 4.08. The largest absolute Gasteiger partial charge is 0.319 e. The van der Waals surface area contributed by atoms with Crippen molar-refractivity contribution in [1.29, 1.82) is 0 Å². The van der Waals surface area contributed by atoms with Crippen LogP contribution in [0.1, 0.15) is 27.3 Å². The van der Waals surface area contributed by atoms with E-state index in [4.69, 9.17) is 16.7 Å². The predicted octanol–water partition coefficient (Wildman–Crippen LogP) is 6.31. The second-order valence-corrected chi connectivity index (χ2v) is 8.76. The van der Waals surface area contributed by atoms with Crippen molar-refractivity contribution >= 4 is 23.2 Å². The number of benzene rings is 3. The lowest BCUT2D eigenvalue weighted by Crippen LogP contribution is -2.14. The SMILES string of the molecule is Cc1nn(Cc2cccc(Cl)c2)c(C)c1NC(=O)c1cn(-c2ccccc2)nc1-c1ccccc1. The maximum atomic E-state index is 13.6. The first kappa shape index (κ1) is 22.6. The molecule has 0 radical (unpaired) electrons. The predicted molar refractivity (Wildman–Crippen MR) is 139 cm³/mol. The molecular formula is C28H24ClN5O. The van der Waals surface area contributed by atoms with E-state index in [-0.39, 0.29) is 5.91 Å². The third-order valence-corrected chi connectivity index (χ3v) is 6.10. The first-order chi connectivity index (χ1) is 17.0. The number of aromatic nitrogens is 4. The first-order valence-corrected chi connectivity index (χ1v) is 11.7. The number of carbonyl (C=O) groups is 1. The molecule has 0 fully saturated rings. The molecule has 35 heavy (non-hydrogen) atoms. The number of para-hydroxylation sites is 1. The Balaban J connectivity index is 1.48. The number of anilines is 1. The Morgan fingerprint density at radius 2 is 1.63 bits per heavy atom. The smallest absolute Gasteiger partial charge is 0.259 e. The van der Waals surface area contributed by atoms with Crippen LogP contribution in [0.3, 0.4) is 0 Å². The molecule has 0 unspecified atom stereocenters. The van der Waals surface area contributed by atoms with Gasteiger partial charge in [-0.1, -0.05) is 72.3 Å². The highest BCUT2D eigenvalue weighted by molar-refractivity contribution is 6.30. The van der Waals surface area contributed by atoms with Gasteiger partial charge in [-0.3, -0.25) is 9.48 Å². The summed E-state index contributed by atoms with van der Waals surface area (Å²) in [7, 11) is 0. The summed E-state index contributed by atoms with van der Waals surface area (Å²) in [5.74, 6) is -0.237. The molecule has 7 heteroatoms. The Morgan fingerprint density at radius 1 is 0.914 bits per heavy atom. The van der Waals surface area contributed by atoms with E-state index < -0.39 is 0 Å². The van der Waals surface area contributed by atoms with Crippen LogP contribution in [0.4, 0.5) is 5.69 Å². The van der Waals surface area contributed by atoms with E-state index in [1.54, 1.807) is 10.9 Å². The number of halogens is 1. The minimum absolute atomic E-state index is 0.237. The van der Waals surface area contributed by atoms with Crippen molar-refractivity contribution in [2.24, 2.45) is 0 Å². The number of amides is 1. The average molecular weight is 482 g/mol. The summed E-state index contributed by atoms with van der Waals surface area (Å²) in [4.78, 5) is 13.6. The van der Waals surface area contributed by atoms with Gasteiger partial charge in [-0.2, -0.15) is 10.2 Å². The van der Waals surface area contributed by atoms with Crippen molar-refractivity contribution in [3.05, 3.63) is 119 Å². The Hall–Kier alpha value is -4.16. The van der Waals surface area contributed by atoms with Crippen LogP contribution < -0.4 is 5.32 Å². The molecule has 0 aliphatic rings. The average Bonchev–Trinajstić information content (AvgIpc) is 3.43. The second-order valence-electron chi connectivity index (χ2n) is 8.33. The number of hydrogen-bond donors (Lipinski definition) is 1. The zero-order valence-corrected chi connectivity index (χ0v) is 20.2. The van der Waals surface area contributed by atoms with Crippen molar-refractivity contribution in [3.63, 3.8) is 0 Å². The van der Waals surface area contributed by atoms with Gasteiger partial charge in [-0.15, -0.1) is 0 Å². The van der Waals surface area contributed by atoms with Crippen molar-refractivity contribution in [3.8, 4) is 16.9 Å². The van der Waals surface area contributed by atoms with E-state index in [1.807, 2.05) is 103 Å². The minimum Gasteiger partial charge on any atom is -0.319 e. The molecule has 6 nitrogen and oxygen atoms in total. The van der Waals surface area contributed by atoms with E-state index in [0.717, 1.165) is 28.2 Å². The van der Waals surface area contributed by atoms with Gasteiger partial charge in [0.1, 0.15) is 5.69 Å². The summed E-state index contributed by atoms with van der Waals surface area (Å²) in [6.07, 6.45) is 1.77. The Kier molecular flexibility index (Phi) is 6.21. The molecule has 0 aliphatic carbocycles. The molecule has 0 aliphatic heterocycles. The first-order valence-electron chi connectivity index (χ1n) is 11.3. The number of aryl methyl sites for hydroxylation is 1. The Labute approximate surface area is 208 Å². The van der Waals surface area contributed by atoms with Gasteiger partial charge < -0.3 is 5.32 Å². The van der Waals surface area contributed by atoms with E-state index in [1.165, 1.54) is 0 Å². The molecule has 0 spiro atoms. The molecule has 2 aromatic heterocycles. The highest BCUT2D eigenvalue weighted by Gasteiger charge is 2.21. The van der Waals surface area contributed by atoms with E-state index >= 15 is 0 Å². The standard InChI is InChI=1S/C28H24ClN5O/c1-19-26(20(2)33(31-19)17-21-10-9-13-23(29)16-21)30-28(35)25-18-34(24-14-7-4-8-15-24)32-27(25)22-11-5-3-6-12-22/h3-16,18H,17H2,1-2H3,(H,30,35). The molecule has 0 saturated carbocycles. The van der Waals surface area contributed by atoms with Gasteiger partial charge in [-0.05, 0) is 43.7 Å². The summed E-state index contributed by atoms with van der Waals surface area (Å²) in [5, 5.41) is 13.2. The normalized spacial score (nSPS) is 10.9. The molecule has 2 heterocycles. The van der Waals surface area contributed by atoms with Crippen LogP contribution in [0.2, 0.25) is 5.02 Å². The summed E-state index contributed by atoms with van der Waals surface area (Å²) in [5.41, 5.74) is 6.21. The molecule has 174 valence electrons. The topological polar surface area (TPSA) is 64.7 Å². The lowest BCUT2D eigenvalue weighted by molar-refractivity contribution is 0.102. The highest BCUT2D eigenvalue weighted by Crippen LogP contribution is 2.27. The fourth-order valence-corrected chi connectivity index (χ4v) is 4.30. The molecule has 3 aromatic carbocycles. The maximum Gasteiger partial charge on any atom is 0.259 e. The molecule has 5 aromatic rings. The zero-order chi connectivity index (χ0) is 24.4. The van der Waals surface area contributed by atoms with Gasteiger partial charge >= 0.3 is 0 Å². The van der Waals surface area contributed by atoms with Crippen molar-refractivity contribution < 1.29 is 4.79 Å². The second kappa shape index (κ2) is 9.60. The van der Waals surface area contributed by atoms with Crippen molar-refractivity contribution in [2.45, 2.75) is 20.4 Å². The van der Waals surface area contributed by atoms with Gasteiger partial charge in [0.2, 0.25) is 0 Å². The molecule has 0 bridgehead atoms. The van der Waals surface area contributed by atoms with Crippen molar-refractivity contribution in [1.82, 2.24) is 19.6 Å². The van der Waals surface area contributed by atoms with Crippen LogP contribution in [-0.4, -0.2) is 25.5 Å². The van der Waals surface area contributed by atoms with Gasteiger partial charge in [-0.25, -0.2) is 4.68 Å². The number of nitrogens with zero attached hydrogens (tertiary/aromatic N) is 4. The molecular weight excluding hydrogens is 458 g/mol. The summed E-state index contributed by atoms with van der Waals surface area (Å²) in [6.45, 7) is 4.40. The molecule has 0 atom stereocenters. The van der Waals surface area contributed by atoms with Gasteiger partial charge in [0.15, 0.2) is 0 Å². The summed E-state index contributed by atoms with van der Waals surface area (Å²) >= 11 is 6.14. The van der Waals surface area contributed by atoms with Crippen LogP contribution >= 0.6 is 11.6 Å². The van der Waals surface area contributed by atoms with Crippen LogP contribution in [0.5, 0.6) is 0 Å². The molecule has 5 rings (SSSR count). The van der Waals surface area contributed by atoms with Crippen LogP contribution in [-0.2, 0) is 6.54 Å². The Morgan fingerprint density at radius 3 is 2.34 bits per heavy atom. The van der Waals surface area contributed by atoms with Gasteiger partial charge in [0, 0.05) is 16.8 Å². The lowest BCUT2D eigenvalue weighted by atomic mass is 10.1. The van der Waals surface area contributed by atoms with Crippen LogP contribution in [0.25, 0.3) is 16.9 Å². The minimum atomic E-state index is -0.237. The number of rotatable bonds is 6. The highest BCUT2D eigenvalue weighted by atomic mass is 35.5. The quantitative estimate of drug-likeness (QED) is 0.309. The monoisotopic (exact) mass is 481 g/mol. The number of hydrogen-bond acceptors (Lipinski definition) is 3. The maximum absolute atomic E-state index is 13.6. The van der Waals surface area contributed by atoms with E-state index in [9.17, 15) is 4.79 Å². The third kappa shape index (κ3) is 4.74. The third-order valence-electron chi connectivity index (χ3n) is 5.87. The number of nitrogens with one attached hydrogen (secondary N) is 1. The summed E-state index contributed by atoms with van der Waals surface area (Å²) in [6, 6.07) is 27.2. The zero-order valence-electron chi connectivity index (χ0n) is 19.4. The van der Waals surface area contributed by atoms with Crippen molar-refractivity contribution in [2.75, 3.05) is 5.32 Å².